The highest BCUT2D eigenvalue weighted by molar-refractivity contribution is 6.75. The molecule has 0 N–H and O–H groups in total. The molecule has 4 nitrogen and oxygen atoms in total. The van der Waals surface area contributed by atoms with Crippen molar-refractivity contribution in [3.05, 3.63) is 0 Å². The van der Waals surface area contributed by atoms with Gasteiger partial charge in [0.25, 0.3) is 0 Å². The maximum absolute atomic E-state index is 9.79. The number of hydrogen-bond donors (Lipinski definition) is 0. The molecule has 0 bridgehead atoms. The molecule has 0 aliphatic heterocycles. The van der Waals surface area contributed by atoms with E-state index in [1.54, 1.807) is 0 Å². The summed E-state index contributed by atoms with van der Waals surface area (Å²) < 4.78 is 20.0. The van der Waals surface area contributed by atoms with Gasteiger partial charge in [0.2, 0.25) is 0 Å². The van der Waals surface area contributed by atoms with Gasteiger partial charge >= 0.3 is 0 Å². The van der Waals surface area contributed by atoms with Crippen molar-refractivity contribution in [2.24, 2.45) is 5.41 Å². The van der Waals surface area contributed by atoms with E-state index in [1.165, 1.54) is 0 Å². The van der Waals surface area contributed by atoms with E-state index in [9.17, 15) is 5.26 Å². The second-order valence-corrected chi connectivity index (χ2v) is 28.4. The first-order valence-electron chi connectivity index (χ1n) is 11.7. The monoisotopic (exact) mass is 487 g/mol. The summed E-state index contributed by atoms with van der Waals surface area (Å²) in [6, 6.07) is 2.44. The molecule has 0 aromatic rings. The molecule has 184 valence electrons. The van der Waals surface area contributed by atoms with Crippen molar-refractivity contribution in [1.82, 2.24) is 0 Å². The largest absolute Gasteiger partial charge is 0.416 e. The zero-order valence-corrected chi connectivity index (χ0v) is 26.5. The van der Waals surface area contributed by atoms with Gasteiger partial charge in [-0.25, -0.2) is 0 Å². The smallest absolute Gasteiger partial charge is 0.192 e. The van der Waals surface area contributed by atoms with Crippen LogP contribution in [-0.4, -0.2) is 44.8 Å². The Balaban J connectivity index is 5.94. The average Bonchev–Trinajstić information content (AvgIpc) is 2.53. The average molecular weight is 488 g/mol. The van der Waals surface area contributed by atoms with Crippen LogP contribution in [0.1, 0.15) is 68.7 Å². The minimum Gasteiger partial charge on any atom is -0.416 e. The van der Waals surface area contributed by atoms with Crippen LogP contribution in [0.3, 0.4) is 0 Å². The Hall–Kier alpha value is 0.0206. The standard InChI is InChI=1S/C24H53NO3Si3/c1-21(2,3)29(10,11)26-18-24(16-17-25,19-27-30(12,13)22(4,5)6)20-28-31(14,15)23(7,8)9/h16,18-20H2,1-15H3. The Kier molecular flexibility index (Phi) is 10.1. The van der Waals surface area contributed by atoms with E-state index in [4.69, 9.17) is 13.3 Å². The highest BCUT2D eigenvalue weighted by Crippen LogP contribution is 2.42. The van der Waals surface area contributed by atoms with Crippen molar-refractivity contribution in [3.8, 4) is 6.07 Å². The Morgan fingerprint density at radius 3 is 0.935 bits per heavy atom. The van der Waals surface area contributed by atoms with Crippen molar-refractivity contribution in [1.29, 1.82) is 5.26 Å². The molecule has 0 atom stereocenters. The minimum absolute atomic E-state index is 0.117. The van der Waals surface area contributed by atoms with Crippen LogP contribution >= 0.6 is 0 Å². The van der Waals surface area contributed by atoms with Crippen molar-refractivity contribution in [2.75, 3.05) is 19.8 Å². The third-order valence-electron chi connectivity index (χ3n) is 8.09. The second kappa shape index (κ2) is 10.1. The fraction of sp³-hybridized carbons (Fsp3) is 0.958. The van der Waals surface area contributed by atoms with Crippen LogP contribution in [0.5, 0.6) is 0 Å². The molecule has 0 unspecified atom stereocenters. The molecule has 0 spiro atoms. The molecule has 7 heteroatoms. The first-order valence-corrected chi connectivity index (χ1v) is 20.4. The molecule has 0 aromatic carbocycles. The van der Waals surface area contributed by atoms with Gasteiger partial charge in [-0.3, -0.25) is 0 Å². The van der Waals surface area contributed by atoms with Gasteiger partial charge in [-0.2, -0.15) is 5.26 Å². The first-order chi connectivity index (χ1) is 13.4. The fourth-order valence-electron chi connectivity index (χ4n) is 2.10. The Labute approximate surface area is 197 Å². The van der Waals surface area contributed by atoms with E-state index in [0.29, 0.717) is 26.2 Å². The van der Waals surface area contributed by atoms with Gasteiger partial charge in [0.1, 0.15) is 0 Å². The molecular weight excluding hydrogens is 435 g/mol. The van der Waals surface area contributed by atoms with Crippen molar-refractivity contribution in [3.63, 3.8) is 0 Å². The van der Waals surface area contributed by atoms with Crippen LogP contribution in [0.4, 0.5) is 0 Å². The van der Waals surface area contributed by atoms with E-state index in [1.807, 2.05) is 0 Å². The highest BCUT2D eigenvalue weighted by Gasteiger charge is 2.46. The molecular formula is C24H53NO3Si3. The highest BCUT2D eigenvalue weighted by atomic mass is 28.4. The maximum Gasteiger partial charge on any atom is 0.192 e. The number of hydrogen-bond acceptors (Lipinski definition) is 4. The van der Waals surface area contributed by atoms with Crippen molar-refractivity contribution >= 4 is 25.0 Å². The van der Waals surface area contributed by atoms with Gasteiger partial charge in [0.05, 0.1) is 6.07 Å². The zero-order chi connectivity index (χ0) is 25.2. The summed E-state index contributed by atoms with van der Waals surface area (Å²) in [5.74, 6) is 0. The van der Waals surface area contributed by atoms with Crippen molar-refractivity contribution in [2.45, 2.75) is 123 Å². The molecule has 0 saturated heterocycles. The SMILES string of the molecule is CC(C)(C)[Si](C)(C)OCC(CC#N)(CO[Si](C)(C)C(C)(C)C)CO[Si](C)(C)C(C)(C)C. The van der Waals surface area contributed by atoms with Gasteiger partial charge < -0.3 is 13.3 Å². The van der Waals surface area contributed by atoms with E-state index >= 15 is 0 Å². The van der Waals surface area contributed by atoms with E-state index in [-0.39, 0.29) is 15.1 Å². The van der Waals surface area contributed by atoms with Crippen LogP contribution in [0.25, 0.3) is 0 Å². The molecule has 0 aliphatic rings. The summed E-state index contributed by atoms with van der Waals surface area (Å²) >= 11 is 0. The van der Waals surface area contributed by atoms with Gasteiger partial charge in [0.15, 0.2) is 25.0 Å². The lowest BCUT2D eigenvalue weighted by molar-refractivity contribution is 0.0217. The van der Waals surface area contributed by atoms with Crippen LogP contribution < -0.4 is 0 Å². The second-order valence-electron chi connectivity index (χ2n) is 14.0. The lowest BCUT2D eigenvalue weighted by Crippen LogP contribution is -2.51. The van der Waals surface area contributed by atoms with Crippen LogP contribution in [0.15, 0.2) is 0 Å². The van der Waals surface area contributed by atoms with E-state index in [2.05, 4.69) is 108 Å². The summed E-state index contributed by atoms with van der Waals surface area (Å²) in [7, 11) is -5.89. The van der Waals surface area contributed by atoms with Crippen LogP contribution in [-0.2, 0) is 13.3 Å². The van der Waals surface area contributed by atoms with Gasteiger partial charge in [-0.15, -0.1) is 0 Å². The molecule has 0 aromatic heterocycles. The van der Waals surface area contributed by atoms with Gasteiger partial charge in [0, 0.05) is 31.7 Å². The molecule has 0 fully saturated rings. The lowest BCUT2D eigenvalue weighted by Gasteiger charge is -2.45. The summed E-state index contributed by atoms with van der Waals surface area (Å²) in [5, 5.41) is 10.1. The molecule has 0 saturated carbocycles. The molecule has 0 amide bonds. The molecule has 0 rings (SSSR count). The molecule has 0 heterocycles. The fourth-order valence-corrected chi connectivity index (χ4v) is 5.40. The summed E-state index contributed by atoms with van der Waals surface area (Å²) in [6.07, 6.45) is 0.380. The Morgan fingerprint density at radius 1 is 0.548 bits per heavy atom. The van der Waals surface area contributed by atoms with Gasteiger partial charge in [-0.1, -0.05) is 62.3 Å². The number of nitrogens with zero attached hydrogens (tertiary/aromatic N) is 1. The molecule has 0 aliphatic carbocycles. The van der Waals surface area contributed by atoms with E-state index < -0.39 is 30.4 Å². The third kappa shape index (κ3) is 8.71. The lowest BCUT2D eigenvalue weighted by atomic mass is 9.88. The quantitative estimate of drug-likeness (QED) is 0.293. The minimum atomic E-state index is -1.96. The topological polar surface area (TPSA) is 51.5 Å². The predicted octanol–water partition coefficient (Wildman–Crippen LogP) is 7.95. The predicted molar refractivity (Wildman–Crippen MR) is 142 cm³/mol. The number of nitriles is 1. The normalized spacial score (nSPS) is 15.2. The first kappa shape index (κ1) is 31.0. The molecule has 0 radical (unpaired) electrons. The maximum atomic E-state index is 9.79. The summed E-state index contributed by atoms with van der Waals surface area (Å²) in [5.41, 5.74) is -0.449. The van der Waals surface area contributed by atoms with Crippen LogP contribution in [0, 0.1) is 16.7 Å². The van der Waals surface area contributed by atoms with Crippen LogP contribution in [0.2, 0.25) is 54.4 Å². The number of rotatable bonds is 10. The summed E-state index contributed by atoms with van der Waals surface area (Å²) in [6.45, 7) is 35.5. The van der Waals surface area contributed by atoms with Crippen molar-refractivity contribution < 1.29 is 13.3 Å². The van der Waals surface area contributed by atoms with Gasteiger partial charge in [-0.05, 0) is 54.4 Å². The summed E-state index contributed by atoms with van der Waals surface area (Å²) in [4.78, 5) is 0. The Bertz CT molecular complexity index is 544. The van der Waals surface area contributed by atoms with E-state index in [0.717, 1.165) is 0 Å². The third-order valence-corrected chi connectivity index (χ3v) is 21.5. The zero-order valence-electron chi connectivity index (χ0n) is 23.5. The Morgan fingerprint density at radius 2 is 0.774 bits per heavy atom. The molecule has 31 heavy (non-hydrogen) atoms.